The average Bonchev–Trinajstić information content (AvgIpc) is 2.03. The first-order valence-electron chi connectivity index (χ1n) is 4.29. The number of ether oxygens (including phenoxy) is 1. The summed E-state index contributed by atoms with van der Waals surface area (Å²) in [7, 11) is 0. The maximum atomic E-state index is 4.98. The molecule has 1 heteroatoms. The second kappa shape index (κ2) is 9.28. The highest BCUT2D eigenvalue weighted by molar-refractivity contribution is 4.79. The number of hydrogen-bond acceptors (Lipinski definition) is 1. The average molecular weight is 154 g/mol. The summed E-state index contributed by atoms with van der Waals surface area (Å²) in [6.07, 6.45) is 10.6. The number of unbranched alkanes of at least 4 members (excludes halogenated alkanes) is 2. The van der Waals surface area contributed by atoms with Crippen molar-refractivity contribution in [1.29, 1.82) is 0 Å². The van der Waals surface area contributed by atoms with E-state index in [-0.39, 0.29) is 0 Å². The normalized spacial score (nSPS) is 10.3. The van der Waals surface area contributed by atoms with Gasteiger partial charge in [0.1, 0.15) is 0 Å². The predicted octanol–water partition coefficient (Wildman–Crippen LogP) is 3.28. The molecule has 0 aliphatic heterocycles. The first-order chi connectivity index (χ1) is 5.41. The molecule has 0 aromatic heterocycles. The first-order valence-corrected chi connectivity index (χ1v) is 4.29. The van der Waals surface area contributed by atoms with Crippen molar-refractivity contribution in [3.05, 3.63) is 25.0 Å². The second-order valence-corrected chi connectivity index (χ2v) is 2.41. The Morgan fingerprint density at radius 2 is 2.09 bits per heavy atom. The van der Waals surface area contributed by atoms with Crippen LogP contribution in [0.2, 0.25) is 0 Å². The van der Waals surface area contributed by atoms with E-state index in [1.54, 1.807) is 0 Å². The molecular formula is C10H18O. The SMILES string of the molecule is C=COCCCC/C=C/CC. The number of hydrogen-bond donors (Lipinski definition) is 0. The monoisotopic (exact) mass is 154 g/mol. The standard InChI is InChI=1S/C10H18O/c1-3-5-6-7-8-9-10-11-4-2/h4-6H,2-3,7-10H2,1H3/b6-5+. The van der Waals surface area contributed by atoms with E-state index in [1.807, 2.05) is 0 Å². The van der Waals surface area contributed by atoms with Gasteiger partial charge < -0.3 is 4.74 Å². The van der Waals surface area contributed by atoms with Crippen LogP contribution in [0.4, 0.5) is 0 Å². The maximum Gasteiger partial charge on any atom is 0.0873 e. The molecule has 0 saturated heterocycles. The molecule has 0 bridgehead atoms. The van der Waals surface area contributed by atoms with Gasteiger partial charge in [-0.15, -0.1) is 0 Å². The summed E-state index contributed by atoms with van der Waals surface area (Å²) < 4.78 is 4.98. The van der Waals surface area contributed by atoms with E-state index in [9.17, 15) is 0 Å². The molecule has 0 aliphatic carbocycles. The van der Waals surface area contributed by atoms with Crippen LogP contribution in [0.15, 0.2) is 25.0 Å². The van der Waals surface area contributed by atoms with E-state index < -0.39 is 0 Å². The zero-order valence-electron chi connectivity index (χ0n) is 7.38. The highest BCUT2D eigenvalue weighted by atomic mass is 16.5. The third kappa shape index (κ3) is 9.28. The molecule has 0 unspecified atom stereocenters. The molecule has 0 N–H and O–H groups in total. The summed E-state index contributed by atoms with van der Waals surface area (Å²) in [5, 5.41) is 0. The number of allylic oxidation sites excluding steroid dienone is 2. The molecule has 0 saturated carbocycles. The van der Waals surface area contributed by atoms with Crippen LogP contribution in [0.3, 0.4) is 0 Å². The summed E-state index contributed by atoms with van der Waals surface area (Å²) in [6.45, 7) is 6.43. The van der Waals surface area contributed by atoms with Gasteiger partial charge in [-0.2, -0.15) is 0 Å². The summed E-state index contributed by atoms with van der Waals surface area (Å²) in [4.78, 5) is 0. The lowest BCUT2D eigenvalue weighted by atomic mass is 10.2. The van der Waals surface area contributed by atoms with Crippen LogP contribution in [0.1, 0.15) is 32.6 Å². The molecule has 0 heterocycles. The minimum atomic E-state index is 0.809. The Labute approximate surface area is 69.8 Å². The quantitative estimate of drug-likeness (QED) is 0.310. The zero-order valence-corrected chi connectivity index (χ0v) is 7.38. The van der Waals surface area contributed by atoms with Crippen molar-refractivity contribution >= 4 is 0 Å². The Kier molecular flexibility index (Phi) is 8.67. The fraction of sp³-hybridized carbons (Fsp3) is 0.600. The van der Waals surface area contributed by atoms with Crippen molar-refractivity contribution < 1.29 is 4.74 Å². The van der Waals surface area contributed by atoms with Crippen LogP contribution in [0.25, 0.3) is 0 Å². The summed E-state index contributed by atoms with van der Waals surface area (Å²) in [5.41, 5.74) is 0. The van der Waals surface area contributed by atoms with Crippen molar-refractivity contribution in [2.75, 3.05) is 6.61 Å². The molecule has 0 atom stereocenters. The van der Waals surface area contributed by atoms with Crippen LogP contribution in [0, 0.1) is 0 Å². The molecule has 0 aromatic carbocycles. The minimum absolute atomic E-state index is 0.809. The second-order valence-electron chi connectivity index (χ2n) is 2.41. The number of rotatable bonds is 7. The van der Waals surface area contributed by atoms with Crippen LogP contribution in [-0.4, -0.2) is 6.61 Å². The van der Waals surface area contributed by atoms with Crippen LogP contribution in [-0.2, 0) is 4.74 Å². The third-order valence-corrected chi connectivity index (χ3v) is 1.40. The summed E-state index contributed by atoms with van der Waals surface area (Å²) in [6, 6.07) is 0. The van der Waals surface area contributed by atoms with Crippen LogP contribution < -0.4 is 0 Å². The summed E-state index contributed by atoms with van der Waals surface area (Å²) in [5.74, 6) is 0. The molecule has 0 radical (unpaired) electrons. The topological polar surface area (TPSA) is 9.23 Å². The zero-order chi connectivity index (χ0) is 8.36. The van der Waals surface area contributed by atoms with Crippen molar-refractivity contribution in [3.8, 4) is 0 Å². The van der Waals surface area contributed by atoms with Gasteiger partial charge in [0.2, 0.25) is 0 Å². The van der Waals surface area contributed by atoms with Gasteiger partial charge in [-0.25, -0.2) is 0 Å². The van der Waals surface area contributed by atoms with E-state index >= 15 is 0 Å². The lowest BCUT2D eigenvalue weighted by Crippen LogP contribution is -1.85. The van der Waals surface area contributed by atoms with Crippen molar-refractivity contribution in [3.63, 3.8) is 0 Å². The highest BCUT2D eigenvalue weighted by Gasteiger charge is 1.83. The van der Waals surface area contributed by atoms with E-state index in [0.717, 1.165) is 19.4 Å². The predicted molar refractivity (Wildman–Crippen MR) is 49.4 cm³/mol. The van der Waals surface area contributed by atoms with Gasteiger partial charge in [0.15, 0.2) is 0 Å². The van der Waals surface area contributed by atoms with Crippen LogP contribution >= 0.6 is 0 Å². The molecular weight excluding hydrogens is 136 g/mol. The van der Waals surface area contributed by atoms with Gasteiger partial charge in [0, 0.05) is 0 Å². The molecule has 1 nitrogen and oxygen atoms in total. The van der Waals surface area contributed by atoms with Gasteiger partial charge in [-0.1, -0.05) is 25.7 Å². The van der Waals surface area contributed by atoms with E-state index in [4.69, 9.17) is 4.74 Å². The molecule has 0 fully saturated rings. The van der Waals surface area contributed by atoms with Gasteiger partial charge in [0.25, 0.3) is 0 Å². The first kappa shape index (κ1) is 10.3. The molecule has 64 valence electrons. The van der Waals surface area contributed by atoms with Gasteiger partial charge >= 0.3 is 0 Å². The fourth-order valence-corrected chi connectivity index (χ4v) is 0.815. The lowest BCUT2D eigenvalue weighted by molar-refractivity contribution is 0.243. The largest absolute Gasteiger partial charge is 0.502 e. The lowest BCUT2D eigenvalue weighted by Gasteiger charge is -1.97. The van der Waals surface area contributed by atoms with E-state index in [1.165, 1.54) is 19.1 Å². The van der Waals surface area contributed by atoms with Crippen molar-refractivity contribution in [1.82, 2.24) is 0 Å². The molecule has 0 spiro atoms. The van der Waals surface area contributed by atoms with Crippen LogP contribution in [0.5, 0.6) is 0 Å². The summed E-state index contributed by atoms with van der Waals surface area (Å²) >= 11 is 0. The van der Waals surface area contributed by atoms with Crippen molar-refractivity contribution in [2.24, 2.45) is 0 Å². The Morgan fingerprint density at radius 3 is 2.73 bits per heavy atom. The van der Waals surface area contributed by atoms with Gasteiger partial charge in [0.05, 0.1) is 12.9 Å². The van der Waals surface area contributed by atoms with E-state index in [2.05, 4.69) is 25.7 Å². The molecule has 0 aliphatic rings. The van der Waals surface area contributed by atoms with Gasteiger partial charge in [-0.3, -0.25) is 0 Å². The fourth-order valence-electron chi connectivity index (χ4n) is 0.815. The smallest absolute Gasteiger partial charge is 0.0873 e. The Hall–Kier alpha value is -0.720. The molecule has 0 aromatic rings. The van der Waals surface area contributed by atoms with Gasteiger partial charge in [-0.05, 0) is 25.7 Å². The Balaban J connectivity index is 2.90. The molecule has 0 rings (SSSR count). The third-order valence-electron chi connectivity index (χ3n) is 1.40. The molecule has 0 amide bonds. The maximum absolute atomic E-state index is 4.98. The Bertz CT molecular complexity index is 105. The molecule has 11 heavy (non-hydrogen) atoms. The Morgan fingerprint density at radius 1 is 1.27 bits per heavy atom. The highest BCUT2D eigenvalue weighted by Crippen LogP contribution is 1.97. The minimum Gasteiger partial charge on any atom is -0.502 e. The van der Waals surface area contributed by atoms with Crippen molar-refractivity contribution in [2.45, 2.75) is 32.6 Å². The van der Waals surface area contributed by atoms with E-state index in [0.29, 0.717) is 0 Å².